The molecule has 1 aromatic rings. The Balaban J connectivity index is 2.74. The zero-order valence-corrected chi connectivity index (χ0v) is 11.7. The van der Waals surface area contributed by atoms with Gasteiger partial charge in [-0.15, -0.1) is 11.3 Å². The third-order valence-corrected chi connectivity index (χ3v) is 3.21. The van der Waals surface area contributed by atoms with Crippen molar-refractivity contribution in [2.24, 2.45) is 10.7 Å². The van der Waals surface area contributed by atoms with Gasteiger partial charge < -0.3 is 11.1 Å². The van der Waals surface area contributed by atoms with Crippen molar-refractivity contribution in [1.82, 2.24) is 10.6 Å². The van der Waals surface area contributed by atoms with Gasteiger partial charge in [0.05, 0.1) is 0 Å². The van der Waals surface area contributed by atoms with Gasteiger partial charge in [-0.25, -0.2) is 4.99 Å². The molecule has 0 radical (unpaired) electrons. The van der Waals surface area contributed by atoms with Crippen LogP contribution in [0.2, 0.25) is 0 Å². The summed E-state index contributed by atoms with van der Waals surface area (Å²) in [5.41, 5.74) is 5.37. The lowest BCUT2D eigenvalue weighted by molar-refractivity contribution is 0.532. The van der Waals surface area contributed by atoms with E-state index in [0.29, 0.717) is 12.0 Å². The van der Waals surface area contributed by atoms with E-state index in [9.17, 15) is 0 Å². The maximum atomic E-state index is 7.31. The van der Waals surface area contributed by atoms with Crippen LogP contribution in [0.1, 0.15) is 33.1 Å². The zero-order chi connectivity index (χ0) is 13.4. The van der Waals surface area contributed by atoms with Gasteiger partial charge in [-0.05, 0) is 30.4 Å². The molecule has 1 atom stereocenters. The Labute approximate surface area is 112 Å². The SMILES string of the molecule is CCCC(CC)NC(=Nc1cccs1)NC(=N)N. The van der Waals surface area contributed by atoms with E-state index < -0.39 is 0 Å². The molecule has 1 unspecified atom stereocenters. The number of hydrogen-bond donors (Lipinski definition) is 4. The second kappa shape index (κ2) is 7.71. The molecule has 100 valence electrons. The molecule has 0 bridgehead atoms. The molecule has 1 rings (SSSR count). The van der Waals surface area contributed by atoms with E-state index in [1.54, 1.807) is 11.3 Å². The van der Waals surface area contributed by atoms with Crippen LogP contribution in [0.25, 0.3) is 0 Å². The van der Waals surface area contributed by atoms with Gasteiger partial charge in [-0.2, -0.15) is 0 Å². The third-order valence-electron chi connectivity index (χ3n) is 2.45. The van der Waals surface area contributed by atoms with Crippen molar-refractivity contribution in [2.75, 3.05) is 0 Å². The number of rotatable bonds is 5. The molecular formula is C12H21N5S. The Morgan fingerprint density at radius 3 is 2.83 bits per heavy atom. The van der Waals surface area contributed by atoms with Crippen LogP contribution in [0.5, 0.6) is 0 Å². The lowest BCUT2D eigenvalue weighted by Gasteiger charge is -2.19. The van der Waals surface area contributed by atoms with Gasteiger partial charge in [0.25, 0.3) is 0 Å². The Kier molecular flexibility index (Phi) is 6.21. The second-order valence-corrected chi connectivity index (χ2v) is 4.91. The van der Waals surface area contributed by atoms with Crippen LogP contribution < -0.4 is 16.4 Å². The minimum Gasteiger partial charge on any atom is -0.370 e. The van der Waals surface area contributed by atoms with Gasteiger partial charge >= 0.3 is 0 Å². The van der Waals surface area contributed by atoms with E-state index in [2.05, 4.69) is 29.5 Å². The molecule has 1 aromatic heterocycles. The fraction of sp³-hybridized carbons (Fsp3) is 0.500. The van der Waals surface area contributed by atoms with Crippen LogP contribution in [0.4, 0.5) is 5.00 Å². The van der Waals surface area contributed by atoms with Crippen molar-refractivity contribution >= 4 is 28.3 Å². The molecule has 0 spiro atoms. The predicted molar refractivity (Wildman–Crippen MR) is 78.6 cm³/mol. The number of nitrogens with zero attached hydrogens (tertiary/aromatic N) is 1. The highest BCUT2D eigenvalue weighted by Crippen LogP contribution is 2.18. The molecule has 0 aromatic carbocycles. The number of hydrogen-bond acceptors (Lipinski definition) is 3. The van der Waals surface area contributed by atoms with Crippen LogP contribution in [0.15, 0.2) is 22.5 Å². The van der Waals surface area contributed by atoms with E-state index in [1.165, 1.54) is 0 Å². The molecule has 0 aliphatic rings. The topological polar surface area (TPSA) is 86.3 Å². The predicted octanol–water partition coefficient (Wildman–Crippen LogP) is 2.39. The van der Waals surface area contributed by atoms with E-state index in [0.717, 1.165) is 24.3 Å². The first kappa shape index (κ1) is 14.5. The highest BCUT2D eigenvalue weighted by Gasteiger charge is 2.08. The number of thiophene rings is 1. The van der Waals surface area contributed by atoms with E-state index >= 15 is 0 Å². The van der Waals surface area contributed by atoms with Crippen molar-refractivity contribution in [3.63, 3.8) is 0 Å². The summed E-state index contributed by atoms with van der Waals surface area (Å²) in [5.74, 6) is 0.439. The first-order valence-electron chi connectivity index (χ1n) is 6.15. The molecule has 18 heavy (non-hydrogen) atoms. The fourth-order valence-corrected chi connectivity index (χ4v) is 2.19. The first-order valence-corrected chi connectivity index (χ1v) is 7.03. The maximum Gasteiger partial charge on any atom is 0.204 e. The molecule has 0 amide bonds. The van der Waals surface area contributed by atoms with E-state index in [1.807, 2.05) is 17.5 Å². The standard InChI is InChI=1S/C12H21N5S/c1-3-6-9(4-2)15-12(17-11(13)14)16-10-7-5-8-18-10/h5,7-9H,3-4,6H2,1-2H3,(H5,13,14,15,16,17). The second-order valence-electron chi connectivity index (χ2n) is 3.99. The molecular weight excluding hydrogens is 246 g/mol. The van der Waals surface area contributed by atoms with Crippen LogP contribution >= 0.6 is 11.3 Å². The molecule has 0 aliphatic carbocycles. The highest BCUT2D eigenvalue weighted by molar-refractivity contribution is 7.13. The van der Waals surface area contributed by atoms with Gasteiger partial charge in [-0.1, -0.05) is 20.3 Å². The van der Waals surface area contributed by atoms with Crippen molar-refractivity contribution in [3.8, 4) is 0 Å². The van der Waals surface area contributed by atoms with Crippen molar-refractivity contribution < 1.29 is 0 Å². The summed E-state index contributed by atoms with van der Waals surface area (Å²) in [6.45, 7) is 4.28. The molecule has 5 N–H and O–H groups in total. The van der Waals surface area contributed by atoms with Gasteiger partial charge in [0.15, 0.2) is 5.96 Å². The average molecular weight is 267 g/mol. The largest absolute Gasteiger partial charge is 0.370 e. The number of nitrogens with one attached hydrogen (secondary N) is 3. The van der Waals surface area contributed by atoms with Crippen LogP contribution in [0.3, 0.4) is 0 Å². The summed E-state index contributed by atoms with van der Waals surface area (Å²) in [7, 11) is 0. The Morgan fingerprint density at radius 2 is 2.33 bits per heavy atom. The molecule has 0 fully saturated rings. The van der Waals surface area contributed by atoms with Crippen LogP contribution in [0, 0.1) is 5.41 Å². The molecule has 0 aliphatic heterocycles. The summed E-state index contributed by atoms with van der Waals surface area (Å²) >= 11 is 1.55. The van der Waals surface area contributed by atoms with Crippen molar-refractivity contribution in [2.45, 2.75) is 39.2 Å². The monoisotopic (exact) mass is 267 g/mol. The fourth-order valence-electron chi connectivity index (χ4n) is 1.59. The number of aliphatic imine (C=N–C) groups is 1. The lowest BCUT2D eigenvalue weighted by atomic mass is 10.1. The quantitative estimate of drug-likeness (QED) is 0.488. The van der Waals surface area contributed by atoms with Gasteiger partial charge in [0.1, 0.15) is 5.00 Å². The molecule has 6 heteroatoms. The maximum absolute atomic E-state index is 7.31. The van der Waals surface area contributed by atoms with Crippen LogP contribution in [-0.2, 0) is 0 Å². The molecule has 1 heterocycles. The summed E-state index contributed by atoms with van der Waals surface area (Å²) in [6.07, 6.45) is 3.19. The lowest BCUT2D eigenvalue weighted by Crippen LogP contribution is -2.47. The minimum absolute atomic E-state index is 0.107. The number of guanidine groups is 2. The highest BCUT2D eigenvalue weighted by atomic mass is 32.1. The summed E-state index contributed by atoms with van der Waals surface area (Å²) < 4.78 is 0. The van der Waals surface area contributed by atoms with E-state index in [4.69, 9.17) is 11.1 Å². The Morgan fingerprint density at radius 1 is 1.56 bits per heavy atom. The molecule has 0 saturated carbocycles. The van der Waals surface area contributed by atoms with Crippen molar-refractivity contribution in [3.05, 3.63) is 17.5 Å². The number of nitrogens with two attached hydrogens (primary N) is 1. The Hall–Kier alpha value is -1.56. The summed E-state index contributed by atoms with van der Waals surface area (Å²) in [5, 5.41) is 16.2. The molecule has 5 nitrogen and oxygen atoms in total. The van der Waals surface area contributed by atoms with E-state index in [-0.39, 0.29) is 5.96 Å². The minimum atomic E-state index is -0.107. The van der Waals surface area contributed by atoms with Crippen molar-refractivity contribution in [1.29, 1.82) is 5.41 Å². The van der Waals surface area contributed by atoms with Gasteiger partial charge in [0.2, 0.25) is 5.96 Å². The first-order chi connectivity index (χ1) is 8.65. The zero-order valence-electron chi connectivity index (χ0n) is 10.9. The normalized spacial score (nSPS) is 13.1. The third kappa shape index (κ3) is 5.18. The average Bonchev–Trinajstić information content (AvgIpc) is 2.80. The summed E-state index contributed by atoms with van der Waals surface area (Å²) in [4.78, 5) is 4.42. The molecule has 0 saturated heterocycles. The van der Waals surface area contributed by atoms with Gasteiger partial charge in [-0.3, -0.25) is 10.7 Å². The van der Waals surface area contributed by atoms with Gasteiger partial charge in [0, 0.05) is 6.04 Å². The Bertz CT molecular complexity index is 385. The van der Waals surface area contributed by atoms with Crippen LogP contribution in [-0.4, -0.2) is 18.0 Å². The smallest absolute Gasteiger partial charge is 0.204 e. The summed E-state index contributed by atoms with van der Waals surface area (Å²) in [6, 6.07) is 4.22.